The van der Waals surface area contributed by atoms with Gasteiger partial charge in [0.05, 0.1) is 0 Å². The smallest absolute Gasteiger partial charge is 0.142 e. The van der Waals surface area contributed by atoms with Crippen molar-refractivity contribution in [2.24, 2.45) is 7.05 Å². The first-order valence-electron chi connectivity index (χ1n) is 5.96. The highest BCUT2D eigenvalue weighted by molar-refractivity contribution is 5.27. The van der Waals surface area contributed by atoms with Gasteiger partial charge in [-0.25, -0.2) is 4.98 Å². The molecule has 2 aromatic rings. The van der Waals surface area contributed by atoms with Crippen molar-refractivity contribution >= 4 is 0 Å². The summed E-state index contributed by atoms with van der Waals surface area (Å²) in [7, 11) is 1.89. The summed E-state index contributed by atoms with van der Waals surface area (Å²) in [5.74, 6) is 0.674. The second-order valence-electron chi connectivity index (χ2n) is 4.29. The molecule has 0 aliphatic carbocycles. The molecule has 1 N–H and O–H groups in total. The molecule has 0 saturated carbocycles. The van der Waals surface area contributed by atoms with Crippen LogP contribution in [0.5, 0.6) is 0 Å². The average molecular weight is 230 g/mol. The first-order valence-corrected chi connectivity index (χ1v) is 5.96. The Bertz CT molecular complexity index is 473. The number of nitrogens with zero attached hydrogens (tertiary/aromatic N) is 2. The van der Waals surface area contributed by atoms with Crippen molar-refractivity contribution in [1.82, 2.24) is 9.55 Å². The van der Waals surface area contributed by atoms with Gasteiger partial charge in [-0.05, 0) is 17.5 Å². The van der Waals surface area contributed by atoms with E-state index in [0.29, 0.717) is 5.82 Å². The first-order chi connectivity index (χ1) is 8.22. The normalized spacial score (nSPS) is 12.6. The fraction of sp³-hybridized carbons (Fsp3) is 0.357. The fourth-order valence-electron chi connectivity index (χ4n) is 1.94. The van der Waals surface area contributed by atoms with Gasteiger partial charge in [-0.15, -0.1) is 0 Å². The van der Waals surface area contributed by atoms with E-state index in [4.69, 9.17) is 0 Å². The maximum absolute atomic E-state index is 10.2. The Morgan fingerprint density at radius 1 is 1.29 bits per heavy atom. The molecule has 90 valence electrons. The summed E-state index contributed by atoms with van der Waals surface area (Å²) in [6, 6.07) is 8.10. The van der Waals surface area contributed by atoms with E-state index in [1.165, 1.54) is 5.56 Å². The third kappa shape index (κ3) is 2.56. The largest absolute Gasteiger partial charge is 0.380 e. The maximum Gasteiger partial charge on any atom is 0.142 e. The Balaban J connectivity index is 2.20. The predicted octanol–water partition coefficient (Wildman–Crippen LogP) is 2.45. The topological polar surface area (TPSA) is 38.1 Å². The van der Waals surface area contributed by atoms with Crippen molar-refractivity contribution < 1.29 is 5.11 Å². The number of benzene rings is 1. The first kappa shape index (κ1) is 11.9. The minimum Gasteiger partial charge on any atom is -0.380 e. The van der Waals surface area contributed by atoms with Crippen LogP contribution in [0.15, 0.2) is 36.7 Å². The van der Waals surface area contributed by atoms with Crippen molar-refractivity contribution in [3.8, 4) is 0 Å². The second kappa shape index (κ2) is 5.15. The lowest BCUT2D eigenvalue weighted by atomic mass is 10.0. The highest BCUT2D eigenvalue weighted by atomic mass is 16.3. The monoisotopic (exact) mass is 230 g/mol. The summed E-state index contributed by atoms with van der Waals surface area (Å²) in [6.45, 7) is 2.16. The van der Waals surface area contributed by atoms with Crippen LogP contribution in [0.3, 0.4) is 0 Å². The molecule has 2 rings (SSSR count). The van der Waals surface area contributed by atoms with Gasteiger partial charge in [0.25, 0.3) is 0 Å². The molecule has 0 radical (unpaired) electrons. The maximum atomic E-state index is 10.2. The summed E-state index contributed by atoms with van der Waals surface area (Å²) < 4.78 is 1.84. The summed E-state index contributed by atoms with van der Waals surface area (Å²) in [4.78, 5) is 4.16. The van der Waals surface area contributed by atoms with Crippen LogP contribution < -0.4 is 0 Å². The molecule has 0 amide bonds. The zero-order valence-electron chi connectivity index (χ0n) is 10.3. The molecule has 0 aliphatic rings. The number of hydrogen-bond acceptors (Lipinski definition) is 2. The molecule has 1 aromatic heterocycles. The van der Waals surface area contributed by atoms with Crippen LogP contribution in [0.2, 0.25) is 0 Å². The summed E-state index contributed by atoms with van der Waals surface area (Å²) in [5.41, 5.74) is 2.20. The molecule has 1 unspecified atom stereocenters. The van der Waals surface area contributed by atoms with Crippen molar-refractivity contribution in [1.29, 1.82) is 0 Å². The quantitative estimate of drug-likeness (QED) is 0.876. The Morgan fingerprint density at radius 3 is 2.53 bits per heavy atom. The van der Waals surface area contributed by atoms with Gasteiger partial charge in [-0.1, -0.05) is 37.6 Å². The van der Waals surface area contributed by atoms with Crippen LogP contribution in [0, 0.1) is 0 Å². The Kier molecular flexibility index (Phi) is 3.59. The SMILES string of the molecule is CCCc1ccc(C(O)c2nccn2C)cc1. The molecule has 1 aromatic carbocycles. The third-order valence-corrected chi connectivity index (χ3v) is 2.94. The summed E-state index contributed by atoms with van der Waals surface area (Å²) >= 11 is 0. The number of aromatic nitrogens is 2. The molecule has 0 bridgehead atoms. The number of hydrogen-bond donors (Lipinski definition) is 1. The van der Waals surface area contributed by atoms with Crippen LogP contribution in [0.1, 0.15) is 36.4 Å². The number of imidazole rings is 1. The molecule has 1 heterocycles. The van der Waals surface area contributed by atoms with E-state index in [0.717, 1.165) is 18.4 Å². The van der Waals surface area contributed by atoms with E-state index >= 15 is 0 Å². The second-order valence-corrected chi connectivity index (χ2v) is 4.29. The molecule has 0 saturated heterocycles. The predicted molar refractivity (Wildman–Crippen MR) is 67.7 cm³/mol. The molecule has 0 spiro atoms. The summed E-state index contributed by atoms with van der Waals surface area (Å²) in [5, 5.41) is 10.2. The number of aliphatic hydroxyl groups is 1. The molecular formula is C14H18N2O. The van der Waals surface area contributed by atoms with E-state index in [-0.39, 0.29) is 0 Å². The van der Waals surface area contributed by atoms with E-state index in [2.05, 4.69) is 24.0 Å². The number of aliphatic hydroxyl groups excluding tert-OH is 1. The zero-order chi connectivity index (χ0) is 12.3. The molecule has 3 heteroatoms. The standard InChI is InChI=1S/C14H18N2O/c1-3-4-11-5-7-12(8-6-11)13(17)14-15-9-10-16(14)2/h5-10,13,17H,3-4H2,1-2H3. The molecule has 3 nitrogen and oxygen atoms in total. The van der Waals surface area contributed by atoms with E-state index < -0.39 is 6.10 Å². The van der Waals surface area contributed by atoms with Gasteiger partial charge in [0.1, 0.15) is 11.9 Å². The fourth-order valence-corrected chi connectivity index (χ4v) is 1.94. The van der Waals surface area contributed by atoms with E-state index in [1.807, 2.05) is 29.9 Å². The number of aryl methyl sites for hydroxylation is 2. The van der Waals surface area contributed by atoms with Gasteiger partial charge in [0, 0.05) is 19.4 Å². The Labute approximate surface area is 102 Å². The Morgan fingerprint density at radius 2 is 2.00 bits per heavy atom. The highest BCUT2D eigenvalue weighted by Crippen LogP contribution is 2.20. The lowest BCUT2D eigenvalue weighted by Gasteiger charge is -2.11. The van der Waals surface area contributed by atoms with Crippen LogP contribution in [-0.2, 0) is 13.5 Å². The highest BCUT2D eigenvalue weighted by Gasteiger charge is 2.14. The van der Waals surface area contributed by atoms with Crippen LogP contribution in [0.25, 0.3) is 0 Å². The molecular weight excluding hydrogens is 212 g/mol. The molecule has 1 atom stereocenters. The van der Waals surface area contributed by atoms with Gasteiger partial charge in [0.2, 0.25) is 0 Å². The lowest BCUT2D eigenvalue weighted by Crippen LogP contribution is -2.06. The van der Waals surface area contributed by atoms with Gasteiger partial charge < -0.3 is 9.67 Å². The van der Waals surface area contributed by atoms with Gasteiger partial charge in [-0.3, -0.25) is 0 Å². The Hall–Kier alpha value is -1.61. The van der Waals surface area contributed by atoms with E-state index in [1.54, 1.807) is 6.20 Å². The average Bonchev–Trinajstić information content (AvgIpc) is 2.76. The summed E-state index contributed by atoms with van der Waals surface area (Å²) in [6.07, 6.45) is 5.11. The van der Waals surface area contributed by atoms with Crippen molar-refractivity contribution in [2.45, 2.75) is 25.9 Å². The van der Waals surface area contributed by atoms with Crippen LogP contribution in [-0.4, -0.2) is 14.7 Å². The van der Waals surface area contributed by atoms with Crippen LogP contribution >= 0.6 is 0 Å². The van der Waals surface area contributed by atoms with E-state index in [9.17, 15) is 5.11 Å². The minimum absolute atomic E-state index is 0.648. The van der Waals surface area contributed by atoms with Crippen molar-refractivity contribution in [3.05, 3.63) is 53.6 Å². The minimum atomic E-state index is -0.648. The van der Waals surface area contributed by atoms with Crippen LogP contribution in [0.4, 0.5) is 0 Å². The van der Waals surface area contributed by atoms with Crippen molar-refractivity contribution in [3.63, 3.8) is 0 Å². The van der Waals surface area contributed by atoms with Gasteiger partial charge in [-0.2, -0.15) is 0 Å². The van der Waals surface area contributed by atoms with Gasteiger partial charge >= 0.3 is 0 Å². The van der Waals surface area contributed by atoms with Gasteiger partial charge in [0.15, 0.2) is 0 Å². The molecule has 0 aliphatic heterocycles. The molecule has 17 heavy (non-hydrogen) atoms. The molecule has 0 fully saturated rings. The lowest BCUT2D eigenvalue weighted by molar-refractivity contribution is 0.206. The zero-order valence-corrected chi connectivity index (χ0v) is 10.3. The van der Waals surface area contributed by atoms with Crippen molar-refractivity contribution in [2.75, 3.05) is 0 Å². The third-order valence-electron chi connectivity index (χ3n) is 2.94. The number of rotatable bonds is 4.